The summed E-state index contributed by atoms with van der Waals surface area (Å²) in [5.74, 6) is -0.116. The summed E-state index contributed by atoms with van der Waals surface area (Å²) < 4.78 is 13.2. The zero-order chi connectivity index (χ0) is 12.8. The van der Waals surface area contributed by atoms with Crippen LogP contribution in [0.3, 0.4) is 0 Å². The van der Waals surface area contributed by atoms with E-state index in [0.29, 0.717) is 23.6 Å². The van der Waals surface area contributed by atoms with Gasteiger partial charge in [-0.05, 0) is 29.7 Å². The fourth-order valence-corrected chi connectivity index (χ4v) is 1.58. The van der Waals surface area contributed by atoms with Crippen molar-refractivity contribution in [3.63, 3.8) is 0 Å². The number of benzene rings is 1. The van der Waals surface area contributed by atoms with Crippen LogP contribution in [0.4, 0.5) is 4.39 Å². The predicted molar refractivity (Wildman–Crippen MR) is 63.7 cm³/mol. The molecule has 0 fully saturated rings. The van der Waals surface area contributed by atoms with E-state index in [1.54, 1.807) is 6.07 Å². The molecule has 0 aromatic heterocycles. The first-order valence-electron chi connectivity index (χ1n) is 5.60. The molecule has 1 rings (SSSR count). The fourth-order valence-electron chi connectivity index (χ4n) is 1.58. The van der Waals surface area contributed by atoms with Crippen LogP contribution in [0.2, 0.25) is 0 Å². The van der Waals surface area contributed by atoms with Crippen LogP contribution < -0.4 is 5.32 Å². The summed E-state index contributed by atoms with van der Waals surface area (Å²) in [4.78, 5) is 0. The quantitative estimate of drug-likeness (QED) is 0.819. The highest BCUT2D eigenvalue weighted by Crippen LogP contribution is 2.09. The highest BCUT2D eigenvalue weighted by atomic mass is 19.1. The summed E-state index contributed by atoms with van der Waals surface area (Å²) in [6.07, 6.45) is 0. The predicted octanol–water partition coefficient (Wildman–Crippen LogP) is 1.80. The molecule has 3 nitrogen and oxygen atoms in total. The van der Waals surface area contributed by atoms with Gasteiger partial charge in [-0.2, -0.15) is 5.26 Å². The molecule has 0 saturated heterocycles. The normalized spacial score (nSPS) is 12.5. The molecule has 2 N–H and O–H groups in total. The molecule has 0 aliphatic rings. The van der Waals surface area contributed by atoms with Gasteiger partial charge in [0.25, 0.3) is 0 Å². The zero-order valence-corrected chi connectivity index (χ0v) is 10.1. The third kappa shape index (κ3) is 4.14. The Labute approximate surface area is 101 Å². The third-order valence-electron chi connectivity index (χ3n) is 2.66. The molecule has 0 saturated carbocycles. The number of aliphatic hydroxyl groups is 1. The Morgan fingerprint density at radius 2 is 2.12 bits per heavy atom. The molecule has 0 spiro atoms. The number of rotatable bonds is 5. The molecule has 0 bridgehead atoms. The number of nitriles is 1. The highest BCUT2D eigenvalue weighted by Gasteiger charge is 2.11. The molecule has 0 amide bonds. The SMILES string of the molecule is CC(C)C(CO)NCc1cc(F)cc(C#N)c1. The minimum absolute atomic E-state index is 0.0243. The summed E-state index contributed by atoms with van der Waals surface area (Å²) in [6, 6.07) is 6.13. The molecular weight excluding hydrogens is 219 g/mol. The minimum atomic E-state index is -0.411. The number of nitrogens with one attached hydrogen (secondary N) is 1. The van der Waals surface area contributed by atoms with Crippen LogP contribution in [0.5, 0.6) is 0 Å². The lowest BCUT2D eigenvalue weighted by Crippen LogP contribution is -2.36. The number of halogens is 1. The van der Waals surface area contributed by atoms with Gasteiger partial charge in [0.2, 0.25) is 0 Å². The molecule has 1 aromatic carbocycles. The Hall–Kier alpha value is -1.44. The summed E-state index contributed by atoms with van der Waals surface area (Å²) in [5, 5.41) is 21.0. The van der Waals surface area contributed by atoms with Crippen LogP contribution in [0.25, 0.3) is 0 Å². The maximum Gasteiger partial charge on any atom is 0.124 e. The van der Waals surface area contributed by atoms with E-state index in [-0.39, 0.29) is 12.6 Å². The molecule has 1 aromatic rings. The molecule has 0 heterocycles. The zero-order valence-electron chi connectivity index (χ0n) is 10.1. The Kier molecular flexibility index (Phi) is 5.08. The second-order valence-electron chi connectivity index (χ2n) is 4.37. The van der Waals surface area contributed by atoms with E-state index in [9.17, 15) is 4.39 Å². The Morgan fingerprint density at radius 3 is 2.65 bits per heavy atom. The van der Waals surface area contributed by atoms with E-state index in [2.05, 4.69) is 5.32 Å². The molecule has 0 aliphatic carbocycles. The van der Waals surface area contributed by atoms with Gasteiger partial charge in [0.15, 0.2) is 0 Å². The first kappa shape index (κ1) is 13.6. The van der Waals surface area contributed by atoms with Gasteiger partial charge < -0.3 is 10.4 Å². The van der Waals surface area contributed by atoms with E-state index in [0.717, 1.165) is 0 Å². The summed E-state index contributed by atoms with van der Waals surface area (Å²) in [5.41, 5.74) is 1.02. The van der Waals surface area contributed by atoms with Crippen LogP contribution in [0.15, 0.2) is 18.2 Å². The lowest BCUT2D eigenvalue weighted by atomic mass is 10.0. The topological polar surface area (TPSA) is 56.0 Å². The van der Waals surface area contributed by atoms with Crippen molar-refractivity contribution in [1.29, 1.82) is 5.26 Å². The van der Waals surface area contributed by atoms with Crippen molar-refractivity contribution < 1.29 is 9.50 Å². The van der Waals surface area contributed by atoms with Crippen molar-refractivity contribution in [3.05, 3.63) is 35.1 Å². The molecule has 4 heteroatoms. The average molecular weight is 236 g/mol. The molecular formula is C13H17FN2O. The van der Waals surface area contributed by atoms with Gasteiger partial charge in [-0.15, -0.1) is 0 Å². The molecule has 1 atom stereocenters. The molecule has 1 unspecified atom stereocenters. The van der Waals surface area contributed by atoms with E-state index >= 15 is 0 Å². The summed E-state index contributed by atoms with van der Waals surface area (Å²) >= 11 is 0. The maximum atomic E-state index is 13.2. The lowest BCUT2D eigenvalue weighted by molar-refractivity contribution is 0.210. The molecule has 17 heavy (non-hydrogen) atoms. The summed E-state index contributed by atoms with van der Waals surface area (Å²) in [6.45, 7) is 4.48. The second-order valence-corrected chi connectivity index (χ2v) is 4.37. The largest absolute Gasteiger partial charge is 0.395 e. The van der Waals surface area contributed by atoms with Gasteiger partial charge in [-0.1, -0.05) is 13.8 Å². The number of hydrogen-bond acceptors (Lipinski definition) is 3. The third-order valence-corrected chi connectivity index (χ3v) is 2.66. The van der Waals surface area contributed by atoms with Crippen LogP contribution in [-0.4, -0.2) is 17.8 Å². The van der Waals surface area contributed by atoms with Gasteiger partial charge >= 0.3 is 0 Å². The monoisotopic (exact) mass is 236 g/mol. The maximum absolute atomic E-state index is 13.2. The van der Waals surface area contributed by atoms with Crippen molar-refractivity contribution in [3.8, 4) is 6.07 Å². The van der Waals surface area contributed by atoms with Gasteiger partial charge in [0.05, 0.1) is 18.2 Å². The summed E-state index contributed by atoms with van der Waals surface area (Å²) in [7, 11) is 0. The molecule has 0 aliphatic heterocycles. The molecule has 92 valence electrons. The number of aliphatic hydroxyl groups excluding tert-OH is 1. The van der Waals surface area contributed by atoms with Gasteiger partial charge in [-0.25, -0.2) is 4.39 Å². The van der Waals surface area contributed by atoms with Crippen molar-refractivity contribution in [1.82, 2.24) is 5.32 Å². The molecule has 0 radical (unpaired) electrons. The highest BCUT2D eigenvalue weighted by molar-refractivity contribution is 5.33. The van der Waals surface area contributed by atoms with Crippen molar-refractivity contribution in [2.24, 2.45) is 5.92 Å². The van der Waals surface area contributed by atoms with Crippen molar-refractivity contribution in [2.75, 3.05) is 6.61 Å². The van der Waals surface area contributed by atoms with E-state index in [1.165, 1.54) is 12.1 Å². The van der Waals surface area contributed by atoms with Gasteiger partial charge in [0, 0.05) is 12.6 Å². The van der Waals surface area contributed by atoms with Crippen LogP contribution >= 0.6 is 0 Å². The lowest BCUT2D eigenvalue weighted by Gasteiger charge is -2.20. The smallest absolute Gasteiger partial charge is 0.124 e. The fraction of sp³-hybridized carbons (Fsp3) is 0.462. The van der Waals surface area contributed by atoms with Crippen LogP contribution in [0, 0.1) is 23.1 Å². The second kappa shape index (κ2) is 6.33. The van der Waals surface area contributed by atoms with Crippen molar-refractivity contribution in [2.45, 2.75) is 26.4 Å². The first-order chi connectivity index (χ1) is 8.06. The van der Waals surface area contributed by atoms with E-state index < -0.39 is 5.82 Å². The first-order valence-corrected chi connectivity index (χ1v) is 5.60. The Morgan fingerprint density at radius 1 is 1.41 bits per heavy atom. The van der Waals surface area contributed by atoms with E-state index in [1.807, 2.05) is 19.9 Å². The minimum Gasteiger partial charge on any atom is -0.395 e. The standard InChI is InChI=1S/C13H17FN2O/c1-9(2)13(8-17)16-7-11-3-10(6-15)4-12(14)5-11/h3-5,9,13,16-17H,7-8H2,1-2H3. The van der Waals surface area contributed by atoms with Crippen molar-refractivity contribution >= 4 is 0 Å². The van der Waals surface area contributed by atoms with E-state index in [4.69, 9.17) is 10.4 Å². The average Bonchev–Trinajstić information content (AvgIpc) is 2.28. The number of hydrogen-bond donors (Lipinski definition) is 2. The Bertz CT molecular complexity index is 412. The van der Waals surface area contributed by atoms with Gasteiger partial charge in [0.1, 0.15) is 5.82 Å². The Balaban J connectivity index is 2.69. The number of nitrogens with zero attached hydrogens (tertiary/aromatic N) is 1. The van der Waals surface area contributed by atoms with Gasteiger partial charge in [-0.3, -0.25) is 0 Å². The van der Waals surface area contributed by atoms with Crippen LogP contribution in [0.1, 0.15) is 25.0 Å². The van der Waals surface area contributed by atoms with Crippen LogP contribution in [-0.2, 0) is 6.54 Å².